The van der Waals surface area contributed by atoms with Gasteiger partial charge in [0.2, 0.25) is 0 Å². The molecule has 0 atom stereocenters. The Morgan fingerprint density at radius 2 is 1.93 bits per heavy atom. The number of hydrogen-bond acceptors (Lipinski definition) is 3. The number of carbonyl (C=O) groups is 1. The summed E-state index contributed by atoms with van der Waals surface area (Å²) >= 11 is 0. The Morgan fingerprint density at radius 3 is 2.33 bits per heavy atom. The van der Waals surface area contributed by atoms with Crippen molar-refractivity contribution < 1.29 is 9.90 Å². The van der Waals surface area contributed by atoms with Crippen LogP contribution in [-0.4, -0.2) is 28.6 Å². The average Bonchev–Trinajstić information content (AvgIpc) is 2.07. The maximum Gasteiger partial charge on any atom is 0.305 e. The molecule has 0 saturated heterocycles. The SMILES string of the molecule is NC(N)=NC1CCC(N)(CC(=O)O)CC1. The molecular weight excluding hydrogens is 196 g/mol. The van der Waals surface area contributed by atoms with Gasteiger partial charge in [-0.25, -0.2) is 0 Å². The average molecular weight is 214 g/mol. The summed E-state index contributed by atoms with van der Waals surface area (Å²) < 4.78 is 0. The Kier molecular flexibility index (Phi) is 3.52. The highest BCUT2D eigenvalue weighted by Gasteiger charge is 2.33. The molecule has 0 bridgehead atoms. The molecule has 0 aromatic rings. The third-order valence-corrected chi connectivity index (χ3v) is 2.79. The highest BCUT2D eigenvalue weighted by Crippen LogP contribution is 2.30. The second kappa shape index (κ2) is 4.48. The van der Waals surface area contributed by atoms with Gasteiger partial charge in [0, 0.05) is 5.54 Å². The molecule has 1 fully saturated rings. The van der Waals surface area contributed by atoms with Crippen molar-refractivity contribution in [3.05, 3.63) is 0 Å². The van der Waals surface area contributed by atoms with Crippen LogP contribution in [-0.2, 0) is 4.79 Å². The number of nitrogens with two attached hydrogens (primary N) is 3. The van der Waals surface area contributed by atoms with Gasteiger partial charge < -0.3 is 22.3 Å². The van der Waals surface area contributed by atoms with Crippen molar-refractivity contribution in [3.63, 3.8) is 0 Å². The lowest BCUT2D eigenvalue weighted by molar-refractivity contribution is -0.138. The van der Waals surface area contributed by atoms with Crippen molar-refractivity contribution in [1.82, 2.24) is 0 Å². The second-order valence-corrected chi connectivity index (χ2v) is 4.22. The van der Waals surface area contributed by atoms with Crippen LogP contribution < -0.4 is 17.2 Å². The minimum absolute atomic E-state index is 0.0154. The minimum Gasteiger partial charge on any atom is -0.481 e. The molecule has 0 unspecified atom stereocenters. The van der Waals surface area contributed by atoms with E-state index < -0.39 is 11.5 Å². The van der Waals surface area contributed by atoms with Gasteiger partial charge in [-0.1, -0.05) is 0 Å². The molecule has 86 valence electrons. The molecule has 1 saturated carbocycles. The number of guanidine groups is 1. The third-order valence-electron chi connectivity index (χ3n) is 2.79. The fraction of sp³-hybridized carbons (Fsp3) is 0.778. The molecule has 0 radical (unpaired) electrons. The first kappa shape index (κ1) is 11.8. The largest absolute Gasteiger partial charge is 0.481 e. The fourth-order valence-electron chi connectivity index (χ4n) is 2.00. The van der Waals surface area contributed by atoms with E-state index in [9.17, 15) is 4.79 Å². The molecule has 0 aliphatic heterocycles. The van der Waals surface area contributed by atoms with Gasteiger partial charge in [0.25, 0.3) is 0 Å². The fourth-order valence-corrected chi connectivity index (χ4v) is 2.00. The number of aliphatic imine (C=N–C) groups is 1. The van der Waals surface area contributed by atoms with Crippen molar-refractivity contribution in [3.8, 4) is 0 Å². The summed E-state index contributed by atoms with van der Waals surface area (Å²) in [5.41, 5.74) is 15.9. The predicted molar refractivity (Wildman–Crippen MR) is 57.2 cm³/mol. The maximum absolute atomic E-state index is 10.6. The Labute approximate surface area is 88.5 Å². The van der Waals surface area contributed by atoms with Crippen molar-refractivity contribution >= 4 is 11.9 Å². The van der Waals surface area contributed by atoms with E-state index in [1.54, 1.807) is 0 Å². The first-order valence-electron chi connectivity index (χ1n) is 5.01. The van der Waals surface area contributed by atoms with Crippen molar-refractivity contribution in [2.75, 3.05) is 0 Å². The molecule has 1 rings (SSSR count). The highest BCUT2D eigenvalue weighted by atomic mass is 16.4. The molecule has 0 aromatic heterocycles. The van der Waals surface area contributed by atoms with Crippen LogP contribution in [0.1, 0.15) is 32.1 Å². The zero-order valence-electron chi connectivity index (χ0n) is 8.65. The molecule has 0 spiro atoms. The van der Waals surface area contributed by atoms with E-state index in [0.717, 1.165) is 12.8 Å². The monoisotopic (exact) mass is 214 g/mol. The standard InChI is InChI=1S/C9H18N4O2/c10-8(11)13-6-1-3-9(12,4-2-6)5-7(14)15/h6H,1-5,12H2,(H,14,15)(H4,10,11,13). The Bertz CT molecular complexity index is 265. The van der Waals surface area contributed by atoms with Crippen LogP contribution in [0.4, 0.5) is 0 Å². The maximum atomic E-state index is 10.6. The van der Waals surface area contributed by atoms with Gasteiger partial charge in [-0.2, -0.15) is 0 Å². The van der Waals surface area contributed by atoms with Gasteiger partial charge in [0.15, 0.2) is 5.96 Å². The molecule has 0 heterocycles. The smallest absolute Gasteiger partial charge is 0.305 e. The number of aliphatic carboxylic acids is 1. The van der Waals surface area contributed by atoms with Crippen molar-refractivity contribution in [1.29, 1.82) is 0 Å². The predicted octanol–water partition coefficient (Wildman–Crippen LogP) is -0.625. The van der Waals surface area contributed by atoms with Gasteiger partial charge in [-0.15, -0.1) is 0 Å². The number of nitrogens with zero attached hydrogens (tertiary/aromatic N) is 1. The number of hydrogen-bond donors (Lipinski definition) is 4. The summed E-state index contributed by atoms with van der Waals surface area (Å²) in [6.07, 6.45) is 2.83. The molecule has 1 aliphatic rings. The van der Waals surface area contributed by atoms with Gasteiger partial charge >= 0.3 is 5.97 Å². The quantitative estimate of drug-likeness (QED) is 0.367. The minimum atomic E-state index is -0.849. The van der Waals surface area contributed by atoms with Crippen molar-refractivity contribution in [2.45, 2.75) is 43.7 Å². The van der Waals surface area contributed by atoms with Crippen LogP contribution in [0, 0.1) is 0 Å². The van der Waals surface area contributed by atoms with E-state index in [0.29, 0.717) is 12.8 Å². The molecule has 0 aromatic carbocycles. The summed E-state index contributed by atoms with van der Waals surface area (Å²) in [6, 6.07) is 0.0977. The zero-order chi connectivity index (χ0) is 11.5. The van der Waals surface area contributed by atoms with E-state index in [1.165, 1.54) is 0 Å². The zero-order valence-corrected chi connectivity index (χ0v) is 8.65. The van der Waals surface area contributed by atoms with Gasteiger partial charge in [-0.05, 0) is 25.7 Å². The topological polar surface area (TPSA) is 128 Å². The van der Waals surface area contributed by atoms with Gasteiger partial charge in [0.1, 0.15) is 0 Å². The first-order valence-corrected chi connectivity index (χ1v) is 5.01. The van der Waals surface area contributed by atoms with E-state index >= 15 is 0 Å². The second-order valence-electron chi connectivity index (χ2n) is 4.22. The van der Waals surface area contributed by atoms with Gasteiger partial charge in [0.05, 0.1) is 12.5 Å². The van der Waals surface area contributed by atoms with E-state index in [4.69, 9.17) is 22.3 Å². The normalized spacial score (nSPS) is 30.9. The summed E-state index contributed by atoms with van der Waals surface area (Å²) in [5, 5.41) is 8.69. The summed E-state index contributed by atoms with van der Waals surface area (Å²) in [6.45, 7) is 0. The summed E-state index contributed by atoms with van der Waals surface area (Å²) in [4.78, 5) is 14.6. The third kappa shape index (κ3) is 3.75. The molecule has 15 heavy (non-hydrogen) atoms. The van der Waals surface area contributed by atoms with Crippen LogP contribution in [0.5, 0.6) is 0 Å². The van der Waals surface area contributed by atoms with Crippen LogP contribution in [0.2, 0.25) is 0 Å². The Morgan fingerprint density at radius 1 is 1.40 bits per heavy atom. The summed E-state index contributed by atoms with van der Waals surface area (Å²) in [7, 11) is 0. The van der Waals surface area contributed by atoms with Crippen LogP contribution in [0.15, 0.2) is 4.99 Å². The molecule has 6 heteroatoms. The molecule has 6 nitrogen and oxygen atoms in total. The number of carboxylic acid groups (broad SMARTS) is 1. The van der Waals surface area contributed by atoms with Crippen LogP contribution in [0.3, 0.4) is 0 Å². The van der Waals surface area contributed by atoms with Crippen molar-refractivity contribution in [2.24, 2.45) is 22.2 Å². The molecular formula is C9H18N4O2. The first-order chi connectivity index (χ1) is 6.91. The van der Waals surface area contributed by atoms with Gasteiger partial charge in [-0.3, -0.25) is 9.79 Å². The molecule has 7 N–H and O–H groups in total. The lowest BCUT2D eigenvalue weighted by Gasteiger charge is -2.34. The number of carboxylic acids is 1. The lowest BCUT2D eigenvalue weighted by atomic mass is 9.78. The van der Waals surface area contributed by atoms with Crippen LogP contribution >= 0.6 is 0 Å². The van der Waals surface area contributed by atoms with Crippen LogP contribution in [0.25, 0.3) is 0 Å². The highest BCUT2D eigenvalue weighted by molar-refractivity contribution is 5.75. The van der Waals surface area contributed by atoms with E-state index in [-0.39, 0.29) is 18.4 Å². The Balaban J connectivity index is 2.47. The Hall–Kier alpha value is -1.30. The van der Waals surface area contributed by atoms with E-state index in [2.05, 4.69) is 4.99 Å². The number of rotatable bonds is 3. The molecule has 0 amide bonds. The lowest BCUT2D eigenvalue weighted by Crippen LogP contribution is -2.46. The summed E-state index contributed by atoms with van der Waals surface area (Å²) in [5.74, 6) is -0.763. The molecule has 1 aliphatic carbocycles. The van der Waals surface area contributed by atoms with E-state index in [1.807, 2.05) is 0 Å².